The zero-order valence-corrected chi connectivity index (χ0v) is 11.3. The van der Waals surface area contributed by atoms with Crippen LogP contribution >= 0.6 is 0 Å². The molecule has 0 unspecified atom stereocenters. The molecular formula is C12H19NO4S. The number of ether oxygens (including phenoxy) is 1. The Hall–Kier alpha value is -0.850. The Morgan fingerprint density at radius 1 is 1.39 bits per heavy atom. The van der Waals surface area contributed by atoms with Crippen molar-refractivity contribution in [3.63, 3.8) is 0 Å². The van der Waals surface area contributed by atoms with Crippen LogP contribution in [0.5, 0.6) is 0 Å². The molecular weight excluding hydrogens is 254 g/mol. The second kappa shape index (κ2) is 5.86. The molecule has 1 saturated carbocycles. The molecule has 1 aliphatic carbocycles. The minimum atomic E-state index is -3.14. The van der Waals surface area contributed by atoms with E-state index in [2.05, 4.69) is 5.32 Å². The van der Waals surface area contributed by atoms with Gasteiger partial charge >= 0.3 is 0 Å². The van der Waals surface area contributed by atoms with Crippen LogP contribution < -0.4 is 5.32 Å². The highest BCUT2D eigenvalue weighted by atomic mass is 32.2. The van der Waals surface area contributed by atoms with Crippen LogP contribution in [0.15, 0.2) is 16.5 Å². The SMILES string of the molecule is COCCS(=O)(=O)Cc1ccc(CNC2CC2)o1. The lowest BCUT2D eigenvalue weighted by molar-refractivity contribution is 0.217. The average Bonchev–Trinajstić information content (AvgIpc) is 3.05. The van der Waals surface area contributed by atoms with E-state index in [0.717, 1.165) is 5.76 Å². The third kappa shape index (κ3) is 4.44. The van der Waals surface area contributed by atoms with Crippen molar-refractivity contribution in [1.82, 2.24) is 5.32 Å². The van der Waals surface area contributed by atoms with Crippen molar-refractivity contribution >= 4 is 9.84 Å². The van der Waals surface area contributed by atoms with Crippen molar-refractivity contribution in [2.45, 2.75) is 31.2 Å². The summed E-state index contributed by atoms with van der Waals surface area (Å²) in [5, 5.41) is 3.32. The van der Waals surface area contributed by atoms with E-state index in [1.54, 1.807) is 6.07 Å². The van der Waals surface area contributed by atoms with Crippen LogP contribution in [0, 0.1) is 0 Å². The van der Waals surface area contributed by atoms with Gasteiger partial charge in [-0.1, -0.05) is 0 Å². The van der Waals surface area contributed by atoms with Gasteiger partial charge in [0.05, 0.1) is 18.9 Å². The van der Waals surface area contributed by atoms with Crippen molar-refractivity contribution in [3.05, 3.63) is 23.7 Å². The topological polar surface area (TPSA) is 68.5 Å². The molecule has 5 nitrogen and oxygen atoms in total. The summed E-state index contributed by atoms with van der Waals surface area (Å²) in [6, 6.07) is 4.18. The lowest BCUT2D eigenvalue weighted by Gasteiger charge is -2.02. The Kier molecular flexibility index (Phi) is 4.42. The minimum absolute atomic E-state index is 0.0276. The standard InChI is InChI=1S/C12H19NO4S/c1-16-6-7-18(14,15)9-12-5-4-11(17-12)8-13-10-2-3-10/h4-5,10,13H,2-3,6-9H2,1H3. The Labute approximate surface area is 107 Å². The summed E-state index contributed by atoms with van der Waals surface area (Å²) < 4.78 is 33.6. The van der Waals surface area contributed by atoms with Gasteiger partial charge < -0.3 is 14.5 Å². The van der Waals surface area contributed by atoms with Crippen LogP contribution in [0.1, 0.15) is 24.4 Å². The van der Waals surface area contributed by atoms with Crippen molar-refractivity contribution in [3.8, 4) is 0 Å². The fourth-order valence-electron chi connectivity index (χ4n) is 1.63. The number of methoxy groups -OCH3 is 1. The van der Waals surface area contributed by atoms with Crippen LogP contribution in [-0.2, 0) is 26.9 Å². The summed E-state index contributed by atoms with van der Waals surface area (Å²) in [7, 11) is -1.65. The number of nitrogens with one attached hydrogen (secondary N) is 1. The number of rotatable bonds is 8. The summed E-state index contributed by atoms with van der Waals surface area (Å²) in [6.45, 7) is 0.891. The van der Waals surface area contributed by atoms with Gasteiger partial charge in [-0.05, 0) is 25.0 Å². The summed E-state index contributed by atoms with van der Waals surface area (Å²) in [6.07, 6.45) is 2.44. The molecule has 1 fully saturated rings. The molecule has 102 valence electrons. The highest BCUT2D eigenvalue weighted by Crippen LogP contribution is 2.20. The molecule has 1 N–H and O–H groups in total. The minimum Gasteiger partial charge on any atom is -0.464 e. The molecule has 1 aliphatic rings. The van der Waals surface area contributed by atoms with Gasteiger partial charge in [0.2, 0.25) is 0 Å². The fraction of sp³-hybridized carbons (Fsp3) is 0.667. The average molecular weight is 273 g/mol. The molecule has 1 heterocycles. The van der Waals surface area contributed by atoms with E-state index in [4.69, 9.17) is 9.15 Å². The van der Waals surface area contributed by atoms with Gasteiger partial charge in [-0.3, -0.25) is 0 Å². The Morgan fingerprint density at radius 3 is 2.78 bits per heavy atom. The summed E-state index contributed by atoms with van der Waals surface area (Å²) in [4.78, 5) is 0. The first-order chi connectivity index (χ1) is 8.59. The number of furan rings is 1. The summed E-state index contributed by atoms with van der Waals surface area (Å²) >= 11 is 0. The van der Waals surface area contributed by atoms with E-state index in [0.29, 0.717) is 18.3 Å². The molecule has 0 aromatic carbocycles. The molecule has 0 spiro atoms. The van der Waals surface area contributed by atoms with Gasteiger partial charge in [0.25, 0.3) is 0 Å². The molecule has 0 bridgehead atoms. The van der Waals surface area contributed by atoms with Crippen LogP contribution in [0.25, 0.3) is 0 Å². The lowest BCUT2D eigenvalue weighted by Crippen LogP contribution is -2.15. The molecule has 2 rings (SSSR count). The van der Waals surface area contributed by atoms with E-state index in [9.17, 15) is 8.42 Å². The highest BCUT2D eigenvalue weighted by Gasteiger charge is 2.21. The van der Waals surface area contributed by atoms with Gasteiger partial charge in [0.15, 0.2) is 9.84 Å². The van der Waals surface area contributed by atoms with Crippen LogP contribution in [0.3, 0.4) is 0 Å². The quantitative estimate of drug-likeness (QED) is 0.768. The smallest absolute Gasteiger partial charge is 0.159 e. The molecule has 1 aromatic heterocycles. The Morgan fingerprint density at radius 2 is 2.11 bits per heavy atom. The first-order valence-corrected chi connectivity index (χ1v) is 7.91. The number of hydrogen-bond acceptors (Lipinski definition) is 5. The normalized spacial score (nSPS) is 16.1. The van der Waals surface area contributed by atoms with Gasteiger partial charge in [0, 0.05) is 13.2 Å². The van der Waals surface area contributed by atoms with Crippen molar-refractivity contribution < 1.29 is 17.6 Å². The molecule has 0 atom stereocenters. The number of sulfone groups is 1. The highest BCUT2D eigenvalue weighted by molar-refractivity contribution is 7.90. The van der Waals surface area contributed by atoms with Crippen molar-refractivity contribution in [2.75, 3.05) is 19.5 Å². The van der Waals surface area contributed by atoms with Crippen molar-refractivity contribution in [1.29, 1.82) is 0 Å². The van der Waals surface area contributed by atoms with E-state index in [-0.39, 0.29) is 18.1 Å². The monoisotopic (exact) mass is 273 g/mol. The summed E-state index contributed by atoms with van der Waals surface area (Å²) in [5.41, 5.74) is 0. The van der Waals surface area contributed by atoms with E-state index >= 15 is 0 Å². The third-order valence-electron chi connectivity index (χ3n) is 2.82. The van der Waals surface area contributed by atoms with Gasteiger partial charge in [0.1, 0.15) is 17.3 Å². The van der Waals surface area contributed by atoms with Gasteiger partial charge in [-0.2, -0.15) is 0 Å². The molecule has 0 amide bonds. The predicted octanol–water partition coefficient (Wildman–Crippen LogP) is 1.09. The largest absolute Gasteiger partial charge is 0.464 e. The molecule has 0 saturated heterocycles. The Balaban J connectivity index is 1.84. The zero-order chi connectivity index (χ0) is 13.0. The fourth-order valence-corrected chi connectivity index (χ4v) is 2.78. The first kappa shape index (κ1) is 13.6. The molecule has 0 radical (unpaired) electrons. The third-order valence-corrected chi connectivity index (χ3v) is 4.33. The number of hydrogen-bond donors (Lipinski definition) is 1. The maximum Gasteiger partial charge on any atom is 0.159 e. The second-order valence-electron chi connectivity index (χ2n) is 4.61. The van der Waals surface area contributed by atoms with Crippen molar-refractivity contribution in [2.24, 2.45) is 0 Å². The maximum absolute atomic E-state index is 11.7. The van der Waals surface area contributed by atoms with Crippen LogP contribution in [0.2, 0.25) is 0 Å². The van der Waals surface area contributed by atoms with Crippen LogP contribution in [-0.4, -0.2) is 33.9 Å². The van der Waals surface area contributed by atoms with E-state index < -0.39 is 9.84 Å². The van der Waals surface area contributed by atoms with Gasteiger partial charge in [-0.25, -0.2) is 8.42 Å². The van der Waals surface area contributed by atoms with Crippen LogP contribution in [0.4, 0.5) is 0 Å². The van der Waals surface area contributed by atoms with Gasteiger partial charge in [-0.15, -0.1) is 0 Å². The van der Waals surface area contributed by atoms with E-state index in [1.165, 1.54) is 20.0 Å². The first-order valence-electron chi connectivity index (χ1n) is 6.09. The summed E-state index contributed by atoms with van der Waals surface area (Å²) in [5.74, 6) is 1.26. The molecule has 1 aromatic rings. The lowest BCUT2D eigenvalue weighted by atomic mass is 10.4. The molecule has 0 aliphatic heterocycles. The molecule has 6 heteroatoms. The maximum atomic E-state index is 11.7. The second-order valence-corrected chi connectivity index (χ2v) is 6.79. The van der Waals surface area contributed by atoms with E-state index in [1.807, 2.05) is 6.07 Å². The molecule has 18 heavy (non-hydrogen) atoms. The Bertz CT molecular complexity index is 476. The zero-order valence-electron chi connectivity index (χ0n) is 10.5. The predicted molar refractivity (Wildman–Crippen MR) is 67.9 cm³/mol.